The van der Waals surface area contributed by atoms with E-state index in [1.165, 1.54) is 5.56 Å². The number of benzene rings is 1. The standard InChI is InChI=1S/C16H19NO/c1-14(2)11-17(13-16-9-6-10-18-16)12-15-7-4-3-5-8-15/h3-10H,1,11-13H2,2H3. The van der Waals surface area contributed by atoms with E-state index in [9.17, 15) is 0 Å². The Bertz CT molecular complexity index is 473. The first-order valence-electron chi connectivity index (χ1n) is 6.17. The molecule has 2 rings (SSSR count). The first kappa shape index (κ1) is 12.7. The van der Waals surface area contributed by atoms with E-state index in [-0.39, 0.29) is 0 Å². The van der Waals surface area contributed by atoms with Crippen LogP contribution in [-0.2, 0) is 13.1 Å². The highest BCUT2D eigenvalue weighted by Gasteiger charge is 2.08. The molecule has 2 nitrogen and oxygen atoms in total. The Morgan fingerprint density at radius 3 is 2.50 bits per heavy atom. The Balaban J connectivity index is 2.03. The molecule has 2 heteroatoms. The van der Waals surface area contributed by atoms with Crippen LogP contribution in [0.2, 0.25) is 0 Å². The van der Waals surface area contributed by atoms with Gasteiger partial charge in [0.25, 0.3) is 0 Å². The highest BCUT2D eigenvalue weighted by molar-refractivity contribution is 5.15. The van der Waals surface area contributed by atoms with Crippen LogP contribution in [0.25, 0.3) is 0 Å². The molecule has 18 heavy (non-hydrogen) atoms. The fourth-order valence-corrected chi connectivity index (χ4v) is 2.01. The van der Waals surface area contributed by atoms with Crippen molar-refractivity contribution in [2.45, 2.75) is 20.0 Å². The van der Waals surface area contributed by atoms with Crippen molar-refractivity contribution in [3.63, 3.8) is 0 Å². The molecule has 0 amide bonds. The average Bonchev–Trinajstić information content (AvgIpc) is 2.82. The van der Waals surface area contributed by atoms with Crippen LogP contribution in [0.5, 0.6) is 0 Å². The van der Waals surface area contributed by atoms with Crippen molar-refractivity contribution < 1.29 is 4.42 Å². The Morgan fingerprint density at radius 2 is 1.89 bits per heavy atom. The van der Waals surface area contributed by atoms with Crippen LogP contribution >= 0.6 is 0 Å². The van der Waals surface area contributed by atoms with Crippen molar-refractivity contribution in [1.82, 2.24) is 4.90 Å². The molecule has 2 aromatic rings. The van der Waals surface area contributed by atoms with Crippen molar-refractivity contribution in [1.29, 1.82) is 0 Å². The summed E-state index contributed by atoms with van der Waals surface area (Å²) in [5, 5.41) is 0. The second-order valence-electron chi connectivity index (χ2n) is 4.67. The van der Waals surface area contributed by atoms with Crippen molar-refractivity contribution >= 4 is 0 Å². The molecule has 94 valence electrons. The molecule has 1 heterocycles. The van der Waals surface area contributed by atoms with E-state index < -0.39 is 0 Å². The van der Waals surface area contributed by atoms with Gasteiger partial charge in [0.1, 0.15) is 5.76 Å². The van der Waals surface area contributed by atoms with E-state index in [4.69, 9.17) is 4.42 Å². The van der Waals surface area contributed by atoms with Gasteiger partial charge in [0, 0.05) is 13.1 Å². The highest BCUT2D eigenvalue weighted by Crippen LogP contribution is 2.11. The molecule has 0 saturated heterocycles. The third kappa shape index (κ3) is 3.90. The molecule has 1 aromatic heterocycles. The summed E-state index contributed by atoms with van der Waals surface area (Å²) in [5.74, 6) is 0.993. The SMILES string of the molecule is C=C(C)CN(Cc1ccccc1)Cc1ccco1. The fraction of sp³-hybridized carbons (Fsp3) is 0.250. The number of rotatable bonds is 6. The molecule has 1 aromatic carbocycles. The molecule has 0 N–H and O–H groups in total. The van der Waals surface area contributed by atoms with Gasteiger partial charge in [0.15, 0.2) is 0 Å². The monoisotopic (exact) mass is 241 g/mol. The van der Waals surface area contributed by atoms with E-state index in [1.807, 2.05) is 18.2 Å². The van der Waals surface area contributed by atoms with E-state index in [0.717, 1.165) is 31.0 Å². The van der Waals surface area contributed by atoms with Gasteiger partial charge in [0.2, 0.25) is 0 Å². The lowest BCUT2D eigenvalue weighted by atomic mass is 10.2. The molecule has 0 aliphatic carbocycles. The van der Waals surface area contributed by atoms with Crippen LogP contribution in [0.3, 0.4) is 0 Å². The van der Waals surface area contributed by atoms with Crippen molar-refractivity contribution in [3.8, 4) is 0 Å². The third-order valence-electron chi connectivity index (χ3n) is 2.70. The normalized spacial score (nSPS) is 10.8. The lowest BCUT2D eigenvalue weighted by Crippen LogP contribution is -2.24. The van der Waals surface area contributed by atoms with Gasteiger partial charge in [-0.2, -0.15) is 0 Å². The minimum Gasteiger partial charge on any atom is -0.468 e. The van der Waals surface area contributed by atoms with Crippen molar-refractivity contribution in [3.05, 3.63) is 72.2 Å². The molecular weight excluding hydrogens is 222 g/mol. The summed E-state index contributed by atoms with van der Waals surface area (Å²) < 4.78 is 5.41. The summed E-state index contributed by atoms with van der Waals surface area (Å²) in [6.45, 7) is 8.66. The van der Waals surface area contributed by atoms with Gasteiger partial charge in [-0.1, -0.05) is 42.5 Å². The molecule has 0 saturated carbocycles. The Kier molecular flexibility index (Phi) is 4.37. The summed E-state index contributed by atoms with van der Waals surface area (Å²) in [5.41, 5.74) is 2.47. The first-order valence-corrected chi connectivity index (χ1v) is 6.17. The van der Waals surface area contributed by atoms with Gasteiger partial charge < -0.3 is 4.42 Å². The van der Waals surface area contributed by atoms with Crippen LogP contribution in [0.1, 0.15) is 18.2 Å². The van der Waals surface area contributed by atoms with Gasteiger partial charge in [-0.05, 0) is 24.6 Å². The zero-order valence-electron chi connectivity index (χ0n) is 10.8. The topological polar surface area (TPSA) is 16.4 Å². The molecule has 0 radical (unpaired) electrons. The molecule has 0 spiro atoms. The van der Waals surface area contributed by atoms with Gasteiger partial charge in [-0.15, -0.1) is 0 Å². The molecule has 0 fully saturated rings. The Hall–Kier alpha value is -1.80. The quantitative estimate of drug-likeness (QED) is 0.714. The molecule has 0 atom stereocenters. The Morgan fingerprint density at radius 1 is 1.11 bits per heavy atom. The number of hydrogen-bond acceptors (Lipinski definition) is 2. The van der Waals surface area contributed by atoms with Crippen LogP contribution in [0.15, 0.2) is 65.3 Å². The zero-order chi connectivity index (χ0) is 12.8. The highest BCUT2D eigenvalue weighted by atomic mass is 16.3. The van der Waals surface area contributed by atoms with E-state index in [0.29, 0.717) is 0 Å². The van der Waals surface area contributed by atoms with Gasteiger partial charge in [0.05, 0.1) is 12.8 Å². The van der Waals surface area contributed by atoms with E-state index in [2.05, 4.69) is 42.7 Å². The van der Waals surface area contributed by atoms with E-state index in [1.54, 1.807) is 6.26 Å². The maximum Gasteiger partial charge on any atom is 0.117 e. The Labute approximate surface area is 109 Å². The predicted molar refractivity (Wildman–Crippen MR) is 74.1 cm³/mol. The second-order valence-corrected chi connectivity index (χ2v) is 4.67. The summed E-state index contributed by atoms with van der Waals surface area (Å²) in [7, 11) is 0. The summed E-state index contributed by atoms with van der Waals surface area (Å²) >= 11 is 0. The van der Waals surface area contributed by atoms with Crippen LogP contribution in [0, 0.1) is 0 Å². The summed E-state index contributed by atoms with van der Waals surface area (Å²) in [4.78, 5) is 2.33. The number of nitrogens with zero attached hydrogens (tertiary/aromatic N) is 1. The number of hydrogen-bond donors (Lipinski definition) is 0. The third-order valence-corrected chi connectivity index (χ3v) is 2.70. The van der Waals surface area contributed by atoms with Crippen LogP contribution in [-0.4, -0.2) is 11.4 Å². The smallest absolute Gasteiger partial charge is 0.117 e. The minimum atomic E-state index is 0.814. The van der Waals surface area contributed by atoms with Crippen molar-refractivity contribution in [2.75, 3.05) is 6.54 Å². The molecule has 0 aliphatic heterocycles. The molecule has 0 unspecified atom stereocenters. The van der Waals surface area contributed by atoms with Crippen LogP contribution < -0.4 is 0 Å². The fourth-order valence-electron chi connectivity index (χ4n) is 2.01. The van der Waals surface area contributed by atoms with Gasteiger partial charge in [-0.25, -0.2) is 0 Å². The second kappa shape index (κ2) is 6.22. The number of furan rings is 1. The van der Waals surface area contributed by atoms with E-state index >= 15 is 0 Å². The molecular formula is C16H19NO. The van der Waals surface area contributed by atoms with Crippen LogP contribution in [0.4, 0.5) is 0 Å². The summed E-state index contributed by atoms with van der Waals surface area (Å²) in [6, 6.07) is 14.4. The lowest BCUT2D eigenvalue weighted by molar-refractivity contribution is 0.255. The molecule has 0 aliphatic rings. The van der Waals surface area contributed by atoms with Gasteiger partial charge in [-0.3, -0.25) is 4.90 Å². The zero-order valence-corrected chi connectivity index (χ0v) is 10.8. The largest absolute Gasteiger partial charge is 0.468 e. The maximum absolute atomic E-state index is 5.41. The maximum atomic E-state index is 5.41. The minimum absolute atomic E-state index is 0.814. The van der Waals surface area contributed by atoms with Gasteiger partial charge >= 0.3 is 0 Å². The predicted octanol–water partition coefficient (Wildman–Crippen LogP) is 3.86. The summed E-state index contributed by atoms with van der Waals surface area (Å²) in [6.07, 6.45) is 1.72. The first-order chi connectivity index (χ1) is 8.74. The van der Waals surface area contributed by atoms with Crippen molar-refractivity contribution in [2.24, 2.45) is 0 Å². The lowest BCUT2D eigenvalue weighted by Gasteiger charge is -2.21. The molecule has 0 bridgehead atoms. The average molecular weight is 241 g/mol.